The number of pyridine rings is 1. The molecule has 6 rings (SSSR count). The smallest absolute Gasteiger partial charge is 0.253 e. The summed E-state index contributed by atoms with van der Waals surface area (Å²) in [6.07, 6.45) is 3.38. The van der Waals surface area contributed by atoms with E-state index in [1.807, 2.05) is 60.3 Å². The van der Waals surface area contributed by atoms with Gasteiger partial charge in [0, 0.05) is 49.6 Å². The molecule has 2 aromatic carbocycles. The van der Waals surface area contributed by atoms with Crippen molar-refractivity contribution in [2.45, 2.75) is 25.4 Å². The van der Waals surface area contributed by atoms with Gasteiger partial charge in [-0.15, -0.1) is 0 Å². The van der Waals surface area contributed by atoms with E-state index in [9.17, 15) is 14.4 Å². The zero-order chi connectivity index (χ0) is 28.9. The van der Waals surface area contributed by atoms with Gasteiger partial charge >= 0.3 is 0 Å². The molecule has 1 unspecified atom stereocenters. The van der Waals surface area contributed by atoms with Crippen LogP contribution in [0, 0.1) is 11.3 Å². The number of ether oxygens (including phenoxy) is 1. The van der Waals surface area contributed by atoms with Crippen LogP contribution in [0.25, 0.3) is 33.6 Å². The van der Waals surface area contributed by atoms with Crippen molar-refractivity contribution in [1.82, 2.24) is 15.2 Å². The molecule has 0 bridgehead atoms. The van der Waals surface area contributed by atoms with Crippen LogP contribution in [-0.4, -0.2) is 69.3 Å². The van der Waals surface area contributed by atoms with Gasteiger partial charge in [-0.25, -0.2) is 4.39 Å². The van der Waals surface area contributed by atoms with Gasteiger partial charge in [0.05, 0.1) is 23.9 Å². The van der Waals surface area contributed by atoms with Crippen molar-refractivity contribution >= 4 is 22.7 Å². The van der Waals surface area contributed by atoms with E-state index in [4.69, 9.17) is 9.15 Å². The Hall–Kier alpha value is -4.42. The Kier molecular flexibility index (Phi) is 8.50. The molecule has 41 heavy (non-hydrogen) atoms. The lowest BCUT2D eigenvalue weighted by atomic mass is 10.0. The van der Waals surface area contributed by atoms with Crippen molar-refractivity contribution in [3.05, 3.63) is 65.9 Å². The van der Waals surface area contributed by atoms with Crippen LogP contribution in [-0.2, 0) is 0 Å². The summed E-state index contributed by atoms with van der Waals surface area (Å²) in [5.41, 5.74) is 5.41. The highest BCUT2D eigenvalue weighted by Crippen LogP contribution is 2.39. The fourth-order valence-electron chi connectivity index (χ4n) is 5.43. The predicted octanol–water partition coefficient (Wildman–Crippen LogP) is 5.66. The molecule has 2 aromatic heterocycles. The monoisotopic (exact) mass is 555 g/mol. The number of nitriles is 1. The second-order valence-electron chi connectivity index (χ2n) is 10.3. The normalized spacial score (nSPS) is 16.4. The molecule has 0 radical (unpaired) electrons. The fourth-order valence-corrected chi connectivity index (χ4v) is 5.43. The number of carbonyl (C=O) groups is 1. The Labute approximate surface area is 239 Å². The number of anilines is 1. The zero-order valence-electron chi connectivity index (χ0n) is 23.6. The SMILES string of the molecule is CNC.COc1cc(C(=O)N2CCCC2)ccc1-c1cc2nccc(-c3ccc(N4CCC(F)C4)c(C#N)c3)c2o1. The molecule has 2 aliphatic rings. The second kappa shape index (κ2) is 12.4. The van der Waals surface area contributed by atoms with Gasteiger partial charge in [-0.1, -0.05) is 6.07 Å². The van der Waals surface area contributed by atoms with Crippen LogP contribution >= 0.6 is 0 Å². The highest BCUT2D eigenvalue weighted by Gasteiger charge is 2.25. The summed E-state index contributed by atoms with van der Waals surface area (Å²) in [4.78, 5) is 21.2. The average Bonchev–Trinajstić information content (AvgIpc) is 3.77. The number of hydrogen-bond donors (Lipinski definition) is 1. The van der Waals surface area contributed by atoms with Gasteiger partial charge in [0.25, 0.3) is 5.91 Å². The van der Waals surface area contributed by atoms with E-state index >= 15 is 0 Å². The van der Waals surface area contributed by atoms with Gasteiger partial charge in [0.15, 0.2) is 5.58 Å². The number of likely N-dealkylation sites (tertiary alicyclic amines) is 1. The largest absolute Gasteiger partial charge is 0.496 e. The van der Waals surface area contributed by atoms with Crippen molar-refractivity contribution < 1.29 is 18.3 Å². The maximum absolute atomic E-state index is 13.8. The van der Waals surface area contributed by atoms with E-state index in [1.165, 1.54) is 0 Å². The minimum Gasteiger partial charge on any atom is -0.496 e. The number of carbonyl (C=O) groups excluding carboxylic acids is 1. The third-order valence-electron chi connectivity index (χ3n) is 7.42. The van der Waals surface area contributed by atoms with E-state index < -0.39 is 6.17 Å². The van der Waals surface area contributed by atoms with Gasteiger partial charge in [-0.05, 0) is 75.3 Å². The summed E-state index contributed by atoms with van der Waals surface area (Å²) < 4.78 is 25.7. The first-order valence-electron chi connectivity index (χ1n) is 13.9. The molecule has 2 fully saturated rings. The number of alkyl halides is 1. The number of furan rings is 1. The van der Waals surface area contributed by atoms with Gasteiger partial charge in [-0.2, -0.15) is 5.26 Å². The van der Waals surface area contributed by atoms with Crippen LogP contribution in [0.3, 0.4) is 0 Å². The Bertz CT molecular complexity index is 1590. The lowest BCUT2D eigenvalue weighted by Gasteiger charge is -2.19. The van der Waals surface area contributed by atoms with Crippen LogP contribution in [0.1, 0.15) is 35.2 Å². The average molecular weight is 556 g/mol. The molecular weight excluding hydrogens is 521 g/mol. The maximum Gasteiger partial charge on any atom is 0.253 e. The topological polar surface area (TPSA) is 94.6 Å². The van der Waals surface area contributed by atoms with Crippen LogP contribution in [0.4, 0.5) is 10.1 Å². The summed E-state index contributed by atoms with van der Waals surface area (Å²) in [5, 5.41) is 12.6. The van der Waals surface area contributed by atoms with Crippen LogP contribution in [0.2, 0.25) is 0 Å². The number of rotatable bonds is 5. The minimum absolute atomic E-state index is 0.00798. The Morgan fingerprint density at radius 3 is 2.56 bits per heavy atom. The molecule has 0 spiro atoms. The quantitative estimate of drug-likeness (QED) is 0.339. The van der Waals surface area contributed by atoms with E-state index in [2.05, 4.69) is 16.4 Å². The molecule has 4 aromatic rings. The van der Waals surface area contributed by atoms with Crippen LogP contribution < -0.4 is 15.0 Å². The minimum atomic E-state index is -0.869. The number of benzene rings is 2. The van der Waals surface area contributed by atoms with Crippen molar-refractivity contribution in [3.63, 3.8) is 0 Å². The summed E-state index contributed by atoms with van der Waals surface area (Å²) in [6.45, 7) is 2.47. The molecule has 212 valence electrons. The summed E-state index contributed by atoms with van der Waals surface area (Å²) in [7, 11) is 5.33. The Balaban J connectivity index is 0.00000108. The standard InChI is InChI=1S/C30H27FN4O3.C2H7N/c1-37-27-15-20(30(36)34-11-2-3-12-34)4-6-24(27)28-16-25-29(38-28)23(8-10-33-25)19-5-7-26(21(14-19)17-32)35-13-9-22(31)18-35;1-3-2/h4-8,10,14-16,22H,2-3,9,11-13,18H2,1H3;3H,1-2H3. The first kappa shape index (κ1) is 28.1. The molecule has 1 amide bonds. The molecule has 8 nitrogen and oxygen atoms in total. The van der Waals surface area contributed by atoms with Crippen molar-refractivity contribution in [1.29, 1.82) is 5.26 Å². The fraction of sp³-hybridized carbons (Fsp3) is 0.344. The van der Waals surface area contributed by atoms with E-state index in [0.717, 1.165) is 48.3 Å². The lowest BCUT2D eigenvalue weighted by molar-refractivity contribution is 0.0792. The van der Waals surface area contributed by atoms with Gasteiger partial charge in [0.2, 0.25) is 0 Å². The number of nitrogens with zero attached hydrogens (tertiary/aromatic N) is 4. The molecule has 0 aliphatic carbocycles. The molecule has 2 saturated heterocycles. The van der Waals surface area contributed by atoms with E-state index in [1.54, 1.807) is 25.4 Å². The van der Waals surface area contributed by atoms with Crippen LogP contribution in [0.5, 0.6) is 5.75 Å². The Morgan fingerprint density at radius 2 is 1.88 bits per heavy atom. The van der Waals surface area contributed by atoms with Crippen molar-refractivity contribution in [3.8, 4) is 34.3 Å². The van der Waals surface area contributed by atoms with Gasteiger partial charge in [0.1, 0.15) is 29.3 Å². The summed E-state index contributed by atoms with van der Waals surface area (Å²) in [5.74, 6) is 1.12. The summed E-state index contributed by atoms with van der Waals surface area (Å²) >= 11 is 0. The van der Waals surface area contributed by atoms with E-state index in [-0.39, 0.29) is 5.91 Å². The van der Waals surface area contributed by atoms with Crippen LogP contribution in [0.15, 0.2) is 59.1 Å². The first-order chi connectivity index (χ1) is 20.0. The lowest BCUT2D eigenvalue weighted by Crippen LogP contribution is -2.27. The highest BCUT2D eigenvalue weighted by molar-refractivity contribution is 5.97. The molecule has 2 aliphatic heterocycles. The van der Waals surface area contributed by atoms with Crippen molar-refractivity contribution in [2.24, 2.45) is 0 Å². The Morgan fingerprint density at radius 1 is 1.10 bits per heavy atom. The molecule has 1 atom stereocenters. The summed E-state index contributed by atoms with van der Waals surface area (Å²) in [6, 6.07) is 17.0. The number of halogens is 1. The number of fused-ring (bicyclic) bond motifs is 1. The third kappa shape index (κ3) is 5.74. The van der Waals surface area contributed by atoms with Gasteiger partial charge < -0.3 is 24.3 Å². The molecule has 0 saturated carbocycles. The molecule has 1 N–H and O–H groups in total. The van der Waals surface area contributed by atoms with Crippen molar-refractivity contribution in [2.75, 3.05) is 52.3 Å². The van der Waals surface area contributed by atoms with E-state index in [0.29, 0.717) is 53.2 Å². The molecular formula is C32H34FN5O3. The second-order valence-corrected chi connectivity index (χ2v) is 10.3. The number of methoxy groups -OCH3 is 1. The number of aromatic nitrogens is 1. The molecule has 4 heterocycles. The number of hydrogen-bond acceptors (Lipinski definition) is 7. The maximum atomic E-state index is 13.8. The molecule has 9 heteroatoms. The number of amides is 1. The first-order valence-corrected chi connectivity index (χ1v) is 13.9. The number of nitrogens with one attached hydrogen (secondary N) is 1. The third-order valence-corrected chi connectivity index (χ3v) is 7.42. The van der Waals surface area contributed by atoms with Gasteiger partial charge in [-0.3, -0.25) is 9.78 Å². The zero-order valence-corrected chi connectivity index (χ0v) is 23.6. The highest BCUT2D eigenvalue weighted by atomic mass is 19.1. The predicted molar refractivity (Wildman–Crippen MR) is 158 cm³/mol.